The average molecular weight is 333 g/mol. The van der Waals surface area contributed by atoms with Gasteiger partial charge in [-0.2, -0.15) is 0 Å². The lowest BCUT2D eigenvalue weighted by atomic mass is 9.44. The molecule has 1 heterocycles. The summed E-state index contributed by atoms with van der Waals surface area (Å²) < 4.78 is 5.87. The standard InChI is InChI=1S/C22H36O2/c1-14(23)17-6-7-18-16-5-4-15-12-22(13-24-22)11-10-20(15,2)19(16)8-9-21(17,18)3/h14-19,23H,4-13H2,1-3H3/t14-,15-,16-,17+,18-,19-,20-,21+,22+/m0/s1. The van der Waals surface area contributed by atoms with E-state index in [0.717, 1.165) is 30.3 Å². The first-order chi connectivity index (χ1) is 11.4. The first-order valence-electron chi connectivity index (χ1n) is 10.7. The summed E-state index contributed by atoms with van der Waals surface area (Å²) in [6.07, 6.45) is 12.3. The third-order valence-corrected chi connectivity index (χ3v) is 10.0. The molecule has 1 saturated heterocycles. The summed E-state index contributed by atoms with van der Waals surface area (Å²) in [6.45, 7) is 8.26. The Morgan fingerprint density at radius 3 is 2.38 bits per heavy atom. The molecule has 0 unspecified atom stereocenters. The first-order valence-corrected chi connectivity index (χ1v) is 10.7. The zero-order chi connectivity index (χ0) is 16.7. The van der Waals surface area contributed by atoms with Gasteiger partial charge in [0, 0.05) is 0 Å². The van der Waals surface area contributed by atoms with E-state index in [1.165, 1.54) is 57.8 Å². The smallest absolute Gasteiger partial charge is 0.0919 e. The second kappa shape index (κ2) is 5.00. The van der Waals surface area contributed by atoms with Crippen LogP contribution in [0.3, 0.4) is 0 Å². The third kappa shape index (κ3) is 2.02. The minimum Gasteiger partial charge on any atom is -0.393 e. The molecule has 0 bridgehead atoms. The van der Waals surface area contributed by atoms with Crippen molar-refractivity contribution in [2.45, 2.75) is 90.3 Å². The zero-order valence-corrected chi connectivity index (χ0v) is 15.9. The van der Waals surface area contributed by atoms with E-state index < -0.39 is 0 Å². The summed E-state index contributed by atoms with van der Waals surface area (Å²) in [5.74, 6) is 4.21. The number of fused-ring (bicyclic) bond motifs is 5. The van der Waals surface area contributed by atoms with E-state index in [4.69, 9.17) is 4.74 Å². The van der Waals surface area contributed by atoms with Gasteiger partial charge in [0.2, 0.25) is 0 Å². The maximum atomic E-state index is 10.3. The lowest BCUT2D eigenvalue weighted by Crippen LogP contribution is -2.54. The Bertz CT molecular complexity index is 524. The number of hydrogen-bond acceptors (Lipinski definition) is 2. The molecule has 9 atom stereocenters. The summed E-state index contributed by atoms with van der Waals surface area (Å²) in [5, 5.41) is 10.3. The van der Waals surface area contributed by atoms with Crippen LogP contribution in [0.4, 0.5) is 0 Å². The summed E-state index contributed by atoms with van der Waals surface area (Å²) in [5.41, 5.74) is 1.31. The van der Waals surface area contributed by atoms with E-state index in [9.17, 15) is 5.11 Å². The molecule has 5 fully saturated rings. The molecule has 24 heavy (non-hydrogen) atoms. The van der Waals surface area contributed by atoms with Crippen LogP contribution in [-0.4, -0.2) is 23.4 Å². The Kier molecular flexibility index (Phi) is 3.36. The van der Waals surface area contributed by atoms with Gasteiger partial charge in [0.25, 0.3) is 0 Å². The van der Waals surface area contributed by atoms with Crippen molar-refractivity contribution in [2.24, 2.45) is 40.4 Å². The second-order valence-electron chi connectivity index (χ2n) is 10.8. The summed E-state index contributed by atoms with van der Waals surface area (Å²) in [4.78, 5) is 0. The molecular formula is C22H36O2. The van der Waals surface area contributed by atoms with Gasteiger partial charge in [0.15, 0.2) is 0 Å². The van der Waals surface area contributed by atoms with Crippen LogP contribution in [-0.2, 0) is 4.74 Å². The molecule has 4 saturated carbocycles. The molecule has 1 spiro atoms. The number of epoxide rings is 1. The van der Waals surface area contributed by atoms with Crippen LogP contribution < -0.4 is 0 Å². The van der Waals surface area contributed by atoms with E-state index in [-0.39, 0.29) is 6.10 Å². The summed E-state index contributed by atoms with van der Waals surface area (Å²) in [7, 11) is 0. The van der Waals surface area contributed by atoms with Gasteiger partial charge in [-0.3, -0.25) is 0 Å². The molecule has 136 valence electrons. The van der Waals surface area contributed by atoms with Crippen molar-refractivity contribution in [3.05, 3.63) is 0 Å². The Balaban J connectivity index is 1.42. The molecule has 4 aliphatic carbocycles. The van der Waals surface area contributed by atoms with Gasteiger partial charge in [-0.25, -0.2) is 0 Å². The minimum atomic E-state index is -0.120. The van der Waals surface area contributed by atoms with Gasteiger partial charge >= 0.3 is 0 Å². The molecule has 2 nitrogen and oxygen atoms in total. The fourth-order valence-electron chi connectivity index (χ4n) is 8.51. The Morgan fingerprint density at radius 1 is 0.917 bits per heavy atom. The average Bonchev–Trinajstić information content (AvgIpc) is 3.19. The Hall–Kier alpha value is -0.0800. The Morgan fingerprint density at radius 2 is 1.67 bits per heavy atom. The minimum absolute atomic E-state index is 0.120. The normalized spacial score (nSPS) is 60.2. The van der Waals surface area contributed by atoms with Crippen molar-refractivity contribution >= 4 is 0 Å². The van der Waals surface area contributed by atoms with E-state index in [0.29, 0.717) is 22.3 Å². The largest absolute Gasteiger partial charge is 0.393 e. The lowest BCUT2D eigenvalue weighted by Gasteiger charge is -2.61. The monoisotopic (exact) mass is 332 g/mol. The SMILES string of the molecule is C[C@H](O)[C@H]1CC[C@H]2[C@@H]3CC[C@H]4C[C@]5(CC[C@]4(C)[C@H]3CC[C@]12C)CO5. The highest BCUT2D eigenvalue weighted by molar-refractivity contribution is 5.12. The van der Waals surface area contributed by atoms with Crippen molar-refractivity contribution in [2.75, 3.05) is 6.61 Å². The number of aliphatic hydroxyl groups is 1. The number of ether oxygens (including phenoxy) is 1. The maximum Gasteiger partial charge on any atom is 0.0919 e. The molecule has 0 aromatic rings. The zero-order valence-electron chi connectivity index (χ0n) is 15.9. The molecule has 2 heteroatoms. The van der Waals surface area contributed by atoms with Crippen molar-refractivity contribution in [3.8, 4) is 0 Å². The van der Waals surface area contributed by atoms with Crippen LogP contribution >= 0.6 is 0 Å². The van der Waals surface area contributed by atoms with Crippen molar-refractivity contribution in [3.63, 3.8) is 0 Å². The van der Waals surface area contributed by atoms with E-state index in [1.54, 1.807) is 0 Å². The van der Waals surface area contributed by atoms with E-state index >= 15 is 0 Å². The molecule has 5 rings (SSSR count). The topological polar surface area (TPSA) is 32.8 Å². The highest BCUT2D eigenvalue weighted by Crippen LogP contribution is 2.69. The van der Waals surface area contributed by atoms with Gasteiger partial charge in [0.05, 0.1) is 18.3 Å². The molecule has 1 aliphatic heterocycles. The van der Waals surface area contributed by atoms with Crippen LogP contribution in [0.15, 0.2) is 0 Å². The number of rotatable bonds is 1. The molecule has 0 radical (unpaired) electrons. The molecule has 5 aliphatic rings. The quantitative estimate of drug-likeness (QED) is 0.700. The summed E-state index contributed by atoms with van der Waals surface area (Å²) >= 11 is 0. The molecular weight excluding hydrogens is 296 g/mol. The highest BCUT2D eigenvalue weighted by Gasteiger charge is 2.63. The molecule has 0 amide bonds. The Labute approximate surface area is 147 Å². The lowest BCUT2D eigenvalue weighted by molar-refractivity contribution is -0.126. The van der Waals surface area contributed by atoms with Crippen LogP contribution in [0.1, 0.15) is 78.6 Å². The number of hydrogen-bond donors (Lipinski definition) is 1. The van der Waals surface area contributed by atoms with Gasteiger partial charge < -0.3 is 9.84 Å². The maximum absolute atomic E-state index is 10.3. The molecule has 0 aromatic carbocycles. The van der Waals surface area contributed by atoms with Crippen LogP contribution in [0.25, 0.3) is 0 Å². The van der Waals surface area contributed by atoms with E-state index in [2.05, 4.69) is 13.8 Å². The van der Waals surface area contributed by atoms with Crippen molar-refractivity contribution in [1.29, 1.82) is 0 Å². The molecule has 0 aromatic heterocycles. The fraction of sp³-hybridized carbons (Fsp3) is 1.00. The predicted octanol–water partition coefficient (Wildman–Crippen LogP) is 4.80. The van der Waals surface area contributed by atoms with Crippen molar-refractivity contribution < 1.29 is 9.84 Å². The van der Waals surface area contributed by atoms with Gasteiger partial charge in [0.1, 0.15) is 0 Å². The molecule has 1 N–H and O–H groups in total. The van der Waals surface area contributed by atoms with Gasteiger partial charge in [-0.1, -0.05) is 13.8 Å². The van der Waals surface area contributed by atoms with Crippen LogP contribution in [0, 0.1) is 40.4 Å². The third-order valence-electron chi connectivity index (χ3n) is 10.0. The highest BCUT2D eigenvalue weighted by atomic mass is 16.6. The van der Waals surface area contributed by atoms with Gasteiger partial charge in [-0.15, -0.1) is 0 Å². The van der Waals surface area contributed by atoms with Crippen LogP contribution in [0.2, 0.25) is 0 Å². The first kappa shape index (κ1) is 16.1. The van der Waals surface area contributed by atoms with Gasteiger partial charge in [-0.05, 0) is 105 Å². The van der Waals surface area contributed by atoms with Crippen LogP contribution in [0.5, 0.6) is 0 Å². The van der Waals surface area contributed by atoms with Crippen molar-refractivity contribution in [1.82, 2.24) is 0 Å². The number of aliphatic hydroxyl groups excluding tert-OH is 1. The fourth-order valence-corrected chi connectivity index (χ4v) is 8.51. The summed E-state index contributed by atoms with van der Waals surface area (Å²) in [6, 6.07) is 0. The van der Waals surface area contributed by atoms with E-state index in [1.807, 2.05) is 6.92 Å². The second-order valence-corrected chi connectivity index (χ2v) is 10.8. The predicted molar refractivity (Wildman–Crippen MR) is 95.6 cm³/mol.